The van der Waals surface area contributed by atoms with Crippen molar-refractivity contribution in [1.82, 2.24) is 4.90 Å². The molecule has 1 N–H and O–H groups in total. The Hall–Kier alpha value is -1.02. The highest BCUT2D eigenvalue weighted by Gasteiger charge is 2.37. The Morgan fingerprint density at radius 3 is 3.06 bits per heavy atom. The summed E-state index contributed by atoms with van der Waals surface area (Å²) in [6.45, 7) is 4.74. The number of hydrogen-bond acceptors (Lipinski definition) is 2. The quantitative estimate of drug-likeness (QED) is 0.845. The molecule has 17 heavy (non-hydrogen) atoms. The van der Waals surface area contributed by atoms with Crippen molar-refractivity contribution in [2.75, 3.05) is 13.1 Å². The zero-order valence-corrected chi connectivity index (χ0v) is 10.5. The fraction of sp³-hybridized carbons (Fsp3) is 0.600. The van der Waals surface area contributed by atoms with Crippen LogP contribution < -0.4 is 0 Å². The van der Waals surface area contributed by atoms with Gasteiger partial charge in [-0.05, 0) is 61.9 Å². The summed E-state index contributed by atoms with van der Waals surface area (Å²) in [7, 11) is 0. The maximum Gasteiger partial charge on any atom is 0.119 e. The second-order valence-corrected chi connectivity index (χ2v) is 5.48. The minimum Gasteiger partial charge on any atom is -0.508 e. The first-order chi connectivity index (χ1) is 8.29. The van der Waals surface area contributed by atoms with E-state index in [-0.39, 0.29) is 0 Å². The molecule has 1 fully saturated rings. The van der Waals surface area contributed by atoms with Crippen LogP contribution in [0.1, 0.15) is 30.9 Å². The molecule has 1 aromatic rings. The van der Waals surface area contributed by atoms with E-state index in [0.29, 0.717) is 5.75 Å². The van der Waals surface area contributed by atoms with Gasteiger partial charge in [-0.1, -0.05) is 19.1 Å². The lowest BCUT2D eigenvalue weighted by atomic mass is 9.80. The van der Waals surface area contributed by atoms with Crippen molar-refractivity contribution >= 4 is 0 Å². The molecule has 1 aliphatic carbocycles. The number of aromatic hydroxyl groups is 1. The standard InChI is InChI=1S/C15H21NO/c1-2-7-16-8-6-12-9-13-11(10-14(12)16)4-3-5-15(13)17/h3-5,12,14,17H,2,6-10H2,1H3/t12-,14-/m1/s1. The van der Waals surface area contributed by atoms with Crippen LogP contribution in [0.25, 0.3) is 0 Å². The number of likely N-dealkylation sites (tertiary alicyclic amines) is 1. The molecule has 0 spiro atoms. The molecule has 0 aromatic heterocycles. The van der Waals surface area contributed by atoms with E-state index in [4.69, 9.17) is 0 Å². The highest BCUT2D eigenvalue weighted by Crippen LogP contribution is 2.38. The fourth-order valence-corrected chi connectivity index (χ4v) is 3.62. The third-order valence-corrected chi connectivity index (χ3v) is 4.45. The van der Waals surface area contributed by atoms with Crippen molar-refractivity contribution in [2.45, 2.75) is 38.6 Å². The van der Waals surface area contributed by atoms with E-state index < -0.39 is 0 Å². The maximum atomic E-state index is 9.93. The van der Waals surface area contributed by atoms with Gasteiger partial charge < -0.3 is 5.11 Å². The van der Waals surface area contributed by atoms with Gasteiger partial charge in [-0.2, -0.15) is 0 Å². The van der Waals surface area contributed by atoms with Gasteiger partial charge >= 0.3 is 0 Å². The van der Waals surface area contributed by atoms with E-state index in [1.54, 1.807) is 0 Å². The fourth-order valence-electron chi connectivity index (χ4n) is 3.62. The summed E-state index contributed by atoms with van der Waals surface area (Å²) in [6, 6.07) is 6.73. The largest absolute Gasteiger partial charge is 0.508 e. The minimum absolute atomic E-state index is 0.509. The van der Waals surface area contributed by atoms with Gasteiger partial charge in [0.2, 0.25) is 0 Å². The zero-order valence-electron chi connectivity index (χ0n) is 10.5. The first-order valence-corrected chi connectivity index (χ1v) is 6.83. The first kappa shape index (κ1) is 11.1. The molecule has 2 aliphatic rings. The number of benzene rings is 1. The Morgan fingerprint density at radius 2 is 2.24 bits per heavy atom. The van der Waals surface area contributed by atoms with E-state index >= 15 is 0 Å². The van der Waals surface area contributed by atoms with E-state index in [9.17, 15) is 5.11 Å². The molecule has 2 nitrogen and oxygen atoms in total. The van der Waals surface area contributed by atoms with Crippen molar-refractivity contribution < 1.29 is 5.11 Å². The molecule has 0 radical (unpaired) electrons. The molecule has 0 unspecified atom stereocenters. The lowest BCUT2D eigenvalue weighted by Gasteiger charge is -2.33. The molecular weight excluding hydrogens is 210 g/mol. The number of nitrogens with zero attached hydrogens (tertiary/aromatic N) is 1. The van der Waals surface area contributed by atoms with Crippen LogP contribution in [0.3, 0.4) is 0 Å². The van der Waals surface area contributed by atoms with Gasteiger partial charge in [0, 0.05) is 6.04 Å². The summed E-state index contributed by atoms with van der Waals surface area (Å²) in [5, 5.41) is 9.93. The highest BCUT2D eigenvalue weighted by molar-refractivity contribution is 5.42. The Kier molecular flexibility index (Phi) is 2.83. The number of phenols is 1. The molecule has 1 aromatic carbocycles. The van der Waals surface area contributed by atoms with Crippen LogP contribution in [-0.2, 0) is 12.8 Å². The monoisotopic (exact) mass is 231 g/mol. The van der Waals surface area contributed by atoms with E-state index in [2.05, 4.69) is 17.9 Å². The number of rotatable bonds is 2. The Morgan fingerprint density at radius 1 is 1.35 bits per heavy atom. The third kappa shape index (κ3) is 1.85. The van der Waals surface area contributed by atoms with Gasteiger partial charge in [0.1, 0.15) is 5.75 Å². The molecule has 2 heteroatoms. The molecule has 1 heterocycles. The molecule has 0 amide bonds. The van der Waals surface area contributed by atoms with Crippen LogP contribution in [0.5, 0.6) is 5.75 Å². The predicted molar refractivity (Wildman–Crippen MR) is 69.3 cm³/mol. The lowest BCUT2D eigenvalue weighted by molar-refractivity contribution is 0.215. The van der Waals surface area contributed by atoms with Gasteiger partial charge in [0.15, 0.2) is 0 Å². The summed E-state index contributed by atoms with van der Waals surface area (Å²) in [5.74, 6) is 1.28. The number of hydrogen-bond donors (Lipinski definition) is 1. The smallest absolute Gasteiger partial charge is 0.119 e. The topological polar surface area (TPSA) is 23.5 Å². The molecular formula is C15H21NO. The Labute approximate surface area is 103 Å². The molecule has 1 aliphatic heterocycles. The van der Waals surface area contributed by atoms with Crippen LogP contribution in [-0.4, -0.2) is 29.1 Å². The second-order valence-electron chi connectivity index (χ2n) is 5.48. The number of fused-ring (bicyclic) bond motifs is 2. The average molecular weight is 231 g/mol. The summed E-state index contributed by atoms with van der Waals surface area (Å²) in [4.78, 5) is 2.65. The second kappa shape index (κ2) is 4.34. The molecule has 1 saturated heterocycles. The lowest BCUT2D eigenvalue weighted by Crippen LogP contribution is -2.38. The Balaban J connectivity index is 1.87. The molecule has 0 bridgehead atoms. The van der Waals surface area contributed by atoms with Crippen molar-refractivity contribution in [2.24, 2.45) is 5.92 Å². The third-order valence-electron chi connectivity index (χ3n) is 4.45. The normalized spacial score (nSPS) is 27.8. The van der Waals surface area contributed by atoms with Crippen molar-refractivity contribution in [3.8, 4) is 5.75 Å². The molecule has 3 rings (SSSR count). The van der Waals surface area contributed by atoms with Crippen LogP contribution in [0.15, 0.2) is 18.2 Å². The number of phenolic OH excluding ortho intramolecular Hbond substituents is 1. The van der Waals surface area contributed by atoms with Crippen LogP contribution in [0, 0.1) is 5.92 Å². The molecule has 2 atom stereocenters. The van der Waals surface area contributed by atoms with Crippen LogP contribution in [0.2, 0.25) is 0 Å². The van der Waals surface area contributed by atoms with Gasteiger partial charge in [-0.15, -0.1) is 0 Å². The summed E-state index contributed by atoms with van der Waals surface area (Å²) in [6.07, 6.45) is 4.76. The maximum absolute atomic E-state index is 9.93. The summed E-state index contributed by atoms with van der Waals surface area (Å²) < 4.78 is 0. The zero-order chi connectivity index (χ0) is 11.8. The summed E-state index contributed by atoms with van der Waals surface area (Å²) in [5.41, 5.74) is 2.58. The van der Waals surface area contributed by atoms with Crippen LogP contribution in [0.4, 0.5) is 0 Å². The SMILES string of the molecule is CCCN1CC[C@@H]2Cc3c(O)cccc3C[C@H]21. The van der Waals surface area contributed by atoms with Crippen molar-refractivity contribution in [1.29, 1.82) is 0 Å². The first-order valence-electron chi connectivity index (χ1n) is 6.83. The van der Waals surface area contributed by atoms with E-state index in [1.807, 2.05) is 12.1 Å². The Bertz CT molecular complexity index is 415. The van der Waals surface area contributed by atoms with Gasteiger partial charge in [0.05, 0.1) is 0 Å². The van der Waals surface area contributed by atoms with Gasteiger partial charge in [-0.25, -0.2) is 0 Å². The molecule has 92 valence electrons. The van der Waals surface area contributed by atoms with Gasteiger partial charge in [0.25, 0.3) is 0 Å². The predicted octanol–water partition coefficient (Wildman–Crippen LogP) is 2.59. The average Bonchev–Trinajstić information content (AvgIpc) is 2.71. The highest BCUT2D eigenvalue weighted by atomic mass is 16.3. The van der Waals surface area contributed by atoms with Crippen LogP contribution >= 0.6 is 0 Å². The van der Waals surface area contributed by atoms with Crippen molar-refractivity contribution in [3.63, 3.8) is 0 Å². The summed E-state index contributed by atoms with van der Waals surface area (Å²) >= 11 is 0. The van der Waals surface area contributed by atoms with E-state index in [0.717, 1.165) is 24.8 Å². The van der Waals surface area contributed by atoms with E-state index in [1.165, 1.54) is 37.1 Å². The minimum atomic E-state index is 0.509. The van der Waals surface area contributed by atoms with Gasteiger partial charge in [-0.3, -0.25) is 4.90 Å². The molecule has 0 saturated carbocycles. The van der Waals surface area contributed by atoms with Crippen molar-refractivity contribution in [3.05, 3.63) is 29.3 Å².